The molecule has 0 aliphatic heterocycles. The Morgan fingerprint density at radius 2 is 2.10 bits per heavy atom. The van der Waals surface area contributed by atoms with Crippen LogP contribution in [0.3, 0.4) is 0 Å². The Morgan fingerprint density at radius 1 is 1.25 bits per heavy atom. The van der Waals surface area contributed by atoms with Gasteiger partial charge in [0.1, 0.15) is 12.2 Å². The van der Waals surface area contributed by atoms with Gasteiger partial charge in [0.25, 0.3) is 0 Å². The molecule has 104 valence electrons. The quantitative estimate of drug-likeness (QED) is 0.735. The predicted octanol–water partition coefficient (Wildman–Crippen LogP) is 3.59. The lowest BCUT2D eigenvalue weighted by molar-refractivity contribution is 0.462. The third-order valence-corrected chi connectivity index (χ3v) is 3.51. The topological polar surface area (TPSA) is 35.6 Å². The minimum Gasteiger partial charge on any atom is -0.340 e. The van der Waals surface area contributed by atoms with Crippen LogP contribution in [0.2, 0.25) is 5.02 Å². The van der Waals surface area contributed by atoms with Crippen LogP contribution >= 0.6 is 11.6 Å². The highest BCUT2D eigenvalue weighted by Gasteiger charge is 2.09. The number of rotatable bonds is 4. The van der Waals surface area contributed by atoms with E-state index < -0.39 is 0 Å². The molecular formula is C15H17ClN4. The van der Waals surface area contributed by atoms with Crippen LogP contribution < -0.4 is 0 Å². The molecule has 3 aromatic rings. The molecule has 0 saturated heterocycles. The molecule has 2 heterocycles. The van der Waals surface area contributed by atoms with Crippen molar-refractivity contribution in [3.63, 3.8) is 0 Å². The van der Waals surface area contributed by atoms with Gasteiger partial charge < -0.3 is 4.57 Å². The van der Waals surface area contributed by atoms with Gasteiger partial charge in [-0.25, -0.2) is 9.67 Å². The van der Waals surface area contributed by atoms with Crippen molar-refractivity contribution in [3.05, 3.63) is 47.6 Å². The van der Waals surface area contributed by atoms with E-state index in [0.29, 0.717) is 5.92 Å². The summed E-state index contributed by atoms with van der Waals surface area (Å²) in [4.78, 5) is 4.37. The van der Waals surface area contributed by atoms with E-state index in [0.717, 1.165) is 34.8 Å². The second-order valence-corrected chi connectivity index (χ2v) is 5.84. The monoisotopic (exact) mass is 288 g/mol. The van der Waals surface area contributed by atoms with Gasteiger partial charge in [0.05, 0.1) is 6.54 Å². The third kappa shape index (κ3) is 2.56. The third-order valence-electron chi connectivity index (χ3n) is 3.28. The van der Waals surface area contributed by atoms with Gasteiger partial charge in [-0.2, -0.15) is 5.10 Å². The van der Waals surface area contributed by atoms with Crippen molar-refractivity contribution < 1.29 is 0 Å². The highest BCUT2D eigenvalue weighted by molar-refractivity contribution is 6.31. The number of halogens is 1. The molecule has 0 aliphatic rings. The molecule has 0 bridgehead atoms. The zero-order chi connectivity index (χ0) is 14.1. The van der Waals surface area contributed by atoms with E-state index in [1.165, 1.54) is 0 Å². The van der Waals surface area contributed by atoms with Gasteiger partial charge >= 0.3 is 0 Å². The summed E-state index contributed by atoms with van der Waals surface area (Å²) in [5.41, 5.74) is 1.16. The molecule has 0 radical (unpaired) electrons. The molecule has 3 rings (SSSR count). The normalized spacial score (nSPS) is 11.6. The van der Waals surface area contributed by atoms with Gasteiger partial charge in [0, 0.05) is 28.7 Å². The second kappa shape index (κ2) is 5.29. The van der Waals surface area contributed by atoms with Gasteiger partial charge in [-0.1, -0.05) is 25.4 Å². The number of fused-ring (bicyclic) bond motifs is 1. The number of hydrogen-bond acceptors (Lipinski definition) is 2. The second-order valence-electron chi connectivity index (χ2n) is 5.40. The lowest BCUT2D eigenvalue weighted by Crippen LogP contribution is -2.12. The molecule has 0 spiro atoms. The van der Waals surface area contributed by atoms with Crippen LogP contribution in [0.25, 0.3) is 10.9 Å². The van der Waals surface area contributed by atoms with Crippen LogP contribution in [-0.2, 0) is 13.1 Å². The number of nitrogens with zero attached hydrogens (tertiary/aromatic N) is 4. The zero-order valence-corrected chi connectivity index (χ0v) is 12.4. The smallest absolute Gasteiger partial charge is 0.146 e. The molecule has 0 saturated carbocycles. The minimum atomic E-state index is 0.552. The molecule has 0 fully saturated rings. The van der Waals surface area contributed by atoms with Crippen molar-refractivity contribution >= 4 is 22.5 Å². The SMILES string of the molecule is CC(C)Cn1ncnc1Cn1ccc2cc(Cl)ccc21. The summed E-state index contributed by atoms with van der Waals surface area (Å²) < 4.78 is 4.15. The predicted molar refractivity (Wildman–Crippen MR) is 80.9 cm³/mol. The Morgan fingerprint density at radius 3 is 2.90 bits per heavy atom. The molecule has 0 atom stereocenters. The Hall–Kier alpha value is -1.81. The minimum absolute atomic E-state index is 0.552. The first-order valence-corrected chi connectivity index (χ1v) is 7.12. The number of benzene rings is 1. The van der Waals surface area contributed by atoms with E-state index in [9.17, 15) is 0 Å². The summed E-state index contributed by atoms with van der Waals surface area (Å²) in [6.45, 7) is 5.97. The molecule has 1 aromatic carbocycles. The number of aromatic nitrogens is 4. The van der Waals surface area contributed by atoms with Crippen LogP contribution in [0.5, 0.6) is 0 Å². The van der Waals surface area contributed by atoms with Gasteiger partial charge in [0.2, 0.25) is 0 Å². The first-order chi connectivity index (χ1) is 9.63. The molecule has 0 amide bonds. The highest BCUT2D eigenvalue weighted by Crippen LogP contribution is 2.21. The fraction of sp³-hybridized carbons (Fsp3) is 0.333. The molecule has 0 N–H and O–H groups in total. The van der Waals surface area contributed by atoms with E-state index in [1.54, 1.807) is 6.33 Å². The van der Waals surface area contributed by atoms with Crippen LogP contribution in [0.1, 0.15) is 19.7 Å². The Kier molecular flexibility index (Phi) is 3.49. The Bertz CT molecular complexity index is 726. The van der Waals surface area contributed by atoms with E-state index >= 15 is 0 Å². The maximum Gasteiger partial charge on any atom is 0.146 e. The van der Waals surface area contributed by atoms with Crippen LogP contribution in [0.4, 0.5) is 0 Å². The van der Waals surface area contributed by atoms with Gasteiger partial charge in [-0.3, -0.25) is 0 Å². The van der Waals surface area contributed by atoms with Crippen LogP contribution in [-0.4, -0.2) is 19.3 Å². The lowest BCUT2D eigenvalue weighted by Gasteiger charge is -2.10. The standard InChI is InChI=1S/C15H17ClN4/c1-11(2)8-20-15(17-10-18-20)9-19-6-5-12-7-13(16)3-4-14(12)19/h3-7,10-11H,8-9H2,1-2H3. The molecule has 0 unspecified atom stereocenters. The fourth-order valence-corrected chi connectivity index (χ4v) is 2.55. The Labute approximate surface area is 123 Å². The maximum absolute atomic E-state index is 6.02. The van der Waals surface area contributed by atoms with E-state index in [1.807, 2.05) is 22.9 Å². The Balaban J connectivity index is 1.92. The first-order valence-electron chi connectivity index (χ1n) is 6.74. The van der Waals surface area contributed by atoms with E-state index in [4.69, 9.17) is 11.6 Å². The van der Waals surface area contributed by atoms with Crippen LogP contribution in [0, 0.1) is 5.92 Å². The van der Waals surface area contributed by atoms with Crippen molar-refractivity contribution in [1.29, 1.82) is 0 Å². The zero-order valence-electron chi connectivity index (χ0n) is 11.6. The summed E-state index contributed by atoms with van der Waals surface area (Å²) in [6, 6.07) is 8.01. The highest BCUT2D eigenvalue weighted by atomic mass is 35.5. The molecule has 2 aromatic heterocycles. The van der Waals surface area contributed by atoms with E-state index in [2.05, 4.69) is 40.8 Å². The van der Waals surface area contributed by atoms with Crippen molar-refractivity contribution in [1.82, 2.24) is 19.3 Å². The summed E-state index contributed by atoms with van der Waals surface area (Å²) >= 11 is 6.02. The molecular weight excluding hydrogens is 272 g/mol. The molecule has 0 aliphatic carbocycles. The summed E-state index contributed by atoms with van der Waals surface area (Å²) in [7, 11) is 0. The van der Waals surface area contributed by atoms with Gasteiger partial charge in [0.15, 0.2) is 0 Å². The average molecular weight is 289 g/mol. The van der Waals surface area contributed by atoms with Gasteiger partial charge in [-0.15, -0.1) is 0 Å². The fourth-order valence-electron chi connectivity index (χ4n) is 2.37. The van der Waals surface area contributed by atoms with Crippen molar-refractivity contribution in [2.75, 3.05) is 0 Å². The largest absolute Gasteiger partial charge is 0.340 e. The molecule has 20 heavy (non-hydrogen) atoms. The first kappa shape index (κ1) is 13.2. The lowest BCUT2D eigenvalue weighted by atomic mass is 10.2. The summed E-state index contributed by atoms with van der Waals surface area (Å²) in [6.07, 6.45) is 3.69. The van der Waals surface area contributed by atoms with Crippen molar-refractivity contribution in [2.24, 2.45) is 5.92 Å². The number of hydrogen-bond donors (Lipinski definition) is 0. The van der Waals surface area contributed by atoms with Crippen LogP contribution in [0.15, 0.2) is 36.8 Å². The average Bonchev–Trinajstić information content (AvgIpc) is 2.97. The summed E-state index contributed by atoms with van der Waals surface area (Å²) in [5.74, 6) is 1.53. The molecule has 5 heteroatoms. The van der Waals surface area contributed by atoms with E-state index in [-0.39, 0.29) is 0 Å². The van der Waals surface area contributed by atoms with Crippen molar-refractivity contribution in [3.8, 4) is 0 Å². The van der Waals surface area contributed by atoms with Gasteiger partial charge in [-0.05, 0) is 30.2 Å². The van der Waals surface area contributed by atoms with Crippen molar-refractivity contribution in [2.45, 2.75) is 26.9 Å². The molecule has 4 nitrogen and oxygen atoms in total. The maximum atomic E-state index is 6.02. The summed E-state index contributed by atoms with van der Waals surface area (Å²) in [5, 5.41) is 6.21.